The summed E-state index contributed by atoms with van der Waals surface area (Å²) in [7, 11) is 0. The highest BCUT2D eigenvalue weighted by molar-refractivity contribution is 5.88. The van der Waals surface area contributed by atoms with Crippen molar-refractivity contribution in [3.63, 3.8) is 0 Å². The van der Waals surface area contributed by atoms with Gasteiger partial charge in [0.15, 0.2) is 0 Å². The lowest BCUT2D eigenvalue weighted by Gasteiger charge is -2.01. The second kappa shape index (κ2) is 3.36. The van der Waals surface area contributed by atoms with Gasteiger partial charge in [-0.25, -0.2) is 4.79 Å². The van der Waals surface area contributed by atoms with Crippen LogP contribution in [-0.2, 0) is 13.1 Å². The van der Waals surface area contributed by atoms with E-state index in [-0.39, 0.29) is 12.1 Å². The molecule has 0 atom stereocenters. The molecule has 0 unspecified atom stereocenters. The summed E-state index contributed by atoms with van der Waals surface area (Å²) in [4.78, 5) is 10.6. The lowest BCUT2D eigenvalue weighted by molar-refractivity contribution is 0.0695. The highest BCUT2D eigenvalue weighted by Crippen LogP contribution is 2.07. The summed E-state index contributed by atoms with van der Waals surface area (Å²) in [5.41, 5.74) is 6.15. The number of aromatic carboxylic acids is 1. The van der Waals surface area contributed by atoms with Crippen molar-refractivity contribution < 1.29 is 9.90 Å². The number of nitrogens with two attached hydrogens (primary N) is 1. The van der Waals surface area contributed by atoms with Gasteiger partial charge in [-0.05, 0) is 6.92 Å². The Bertz CT molecular complexity index is 293. The second-order valence-corrected chi connectivity index (χ2v) is 2.33. The monoisotopic (exact) mass is 169 g/mol. The van der Waals surface area contributed by atoms with Gasteiger partial charge in [-0.1, -0.05) is 0 Å². The van der Waals surface area contributed by atoms with Crippen LogP contribution in [0.1, 0.15) is 23.0 Å². The quantitative estimate of drug-likeness (QED) is 0.670. The molecule has 0 aliphatic carbocycles. The van der Waals surface area contributed by atoms with Crippen LogP contribution < -0.4 is 5.73 Å². The van der Waals surface area contributed by atoms with Gasteiger partial charge < -0.3 is 10.8 Å². The third kappa shape index (κ3) is 1.31. The Kier molecular flexibility index (Phi) is 2.44. The van der Waals surface area contributed by atoms with Crippen molar-refractivity contribution in [2.24, 2.45) is 5.73 Å². The molecule has 0 saturated heterocycles. The average Bonchev–Trinajstić information content (AvgIpc) is 2.46. The first-order chi connectivity index (χ1) is 5.70. The fourth-order valence-electron chi connectivity index (χ4n) is 1.08. The Labute approximate surface area is 69.8 Å². The van der Waals surface area contributed by atoms with Gasteiger partial charge in [-0.3, -0.25) is 4.68 Å². The first kappa shape index (κ1) is 8.73. The molecule has 0 bridgehead atoms. The van der Waals surface area contributed by atoms with E-state index in [2.05, 4.69) is 5.10 Å². The van der Waals surface area contributed by atoms with Crippen LogP contribution in [0.4, 0.5) is 0 Å². The summed E-state index contributed by atoms with van der Waals surface area (Å²) in [6, 6.07) is 0. The van der Waals surface area contributed by atoms with Crippen LogP contribution in [0.15, 0.2) is 6.20 Å². The SMILES string of the molecule is CCn1ncc(C(=O)O)c1CN. The lowest BCUT2D eigenvalue weighted by atomic mass is 10.2. The maximum Gasteiger partial charge on any atom is 0.339 e. The van der Waals surface area contributed by atoms with Gasteiger partial charge in [-0.15, -0.1) is 0 Å². The summed E-state index contributed by atoms with van der Waals surface area (Å²) in [5, 5.41) is 12.6. The van der Waals surface area contributed by atoms with Crippen LogP contribution in [0.25, 0.3) is 0 Å². The number of carbonyl (C=O) groups is 1. The van der Waals surface area contributed by atoms with Crippen molar-refractivity contribution in [2.75, 3.05) is 0 Å². The molecule has 0 saturated carbocycles. The van der Waals surface area contributed by atoms with E-state index in [1.165, 1.54) is 6.20 Å². The summed E-state index contributed by atoms with van der Waals surface area (Å²) >= 11 is 0. The van der Waals surface area contributed by atoms with E-state index < -0.39 is 5.97 Å². The molecule has 3 N–H and O–H groups in total. The zero-order valence-corrected chi connectivity index (χ0v) is 6.82. The van der Waals surface area contributed by atoms with Crippen molar-refractivity contribution in [2.45, 2.75) is 20.0 Å². The van der Waals surface area contributed by atoms with Crippen molar-refractivity contribution in [3.05, 3.63) is 17.5 Å². The topological polar surface area (TPSA) is 81.1 Å². The predicted molar refractivity (Wildman–Crippen MR) is 42.8 cm³/mol. The van der Waals surface area contributed by atoms with Crippen LogP contribution in [0, 0.1) is 0 Å². The third-order valence-corrected chi connectivity index (χ3v) is 1.67. The number of carboxylic acid groups (broad SMARTS) is 1. The number of hydrogen-bond acceptors (Lipinski definition) is 3. The fourth-order valence-corrected chi connectivity index (χ4v) is 1.08. The van der Waals surface area contributed by atoms with Gasteiger partial charge in [0.25, 0.3) is 0 Å². The molecule has 1 rings (SSSR count). The normalized spacial score (nSPS) is 10.2. The van der Waals surface area contributed by atoms with E-state index in [9.17, 15) is 4.79 Å². The van der Waals surface area contributed by atoms with Crippen LogP contribution in [0.2, 0.25) is 0 Å². The van der Waals surface area contributed by atoms with Gasteiger partial charge >= 0.3 is 5.97 Å². The molecule has 0 fully saturated rings. The molecule has 0 aliphatic rings. The summed E-state index contributed by atoms with van der Waals surface area (Å²) in [6.45, 7) is 2.73. The molecule has 0 amide bonds. The minimum atomic E-state index is -0.977. The number of hydrogen-bond donors (Lipinski definition) is 2. The van der Waals surface area contributed by atoms with Crippen LogP contribution >= 0.6 is 0 Å². The van der Waals surface area contributed by atoms with Gasteiger partial charge in [-0.2, -0.15) is 5.10 Å². The highest BCUT2D eigenvalue weighted by Gasteiger charge is 2.13. The van der Waals surface area contributed by atoms with Gasteiger partial charge in [0.2, 0.25) is 0 Å². The molecule has 5 nitrogen and oxygen atoms in total. The third-order valence-electron chi connectivity index (χ3n) is 1.67. The van der Waals surface area contributed by atoms with E-state index >= 15 is 0 Å². The predicted octanol–water partition coefficient (Wildman–Crippen LogP) is 0.0599. The van der Waals surface area contributed by atoms with Crippen LogP contribution in [0.5, 0.6) is 0 Å². The van der Waals surface area contributed by atoms with E-state index in [1.54, 1.807) is 4.68 Å². The maximum absolute atomic E-state index is 10.6. The first-order valence-electron chi connectivity index (χ1n) is 3.68. The highest BCUT2D eigenvalue weighted by atomic mass is 16.4. The molecule has 1 heterocycles. The maximum atomic E-state index is 10.6. The summed E-state index contributed by atoms with van der Waals surface area (Å²) in [6.07, 6.45) is 1.33. The number of aryl methyl sites for hydroxylation is 1. The second-order valence-electron chi connectivity index (χ2n) is 2.33. The number of aromatic nitrogens is 2. The molecule has 12 heavy (non-hydrogen) atoms. The van der Waals surface area contributed by atoms with Gasteiger partial charge in [0.05, 0.1) is 11.9 Å². The smallest absolute Gasteiger partial charge is 0.339 e. The Hall–Kier alpha value is -1.36. The number of carboxylic acids is 1. The molecule has 0 spiro atoms. The molecule has 5 heteroatoms. The molecule has 0 aliphatic heterocycles. The summed E-state index contributed by atoms with van der Waals surface area (Å²) < 4.78 is 1.59. The Morgan fingerprint density at radius 1 is 1.83 bits per heavy atom. The molecular weight excluding hydrogens is 158 g/mol. The van der Waals surface area contributed by atoms with E-state index in [4.69, 9.17) is 10.8 Å². The molecular formula is C7H11N3O2. The minimum absolute atomic E-state index is 0.194. The zero-order valence-electron chi connectivity index (χ0n) is 6.82. The minimum Gasteiger partial charge on any atom is -0.478 e. The number of rotatable bonds is 3. The average molecular weight is 169 g/mol. The Morgan fingerprint density at radius 3 is 2.92 bits per heavy atom. The lowest BCUT2D eigenvalue weighted by Crippen LogP contribution is -2.11. The molecule has 0 radical (unpaired) electrons. The van der Waals surface area contributed by atoms with E-state index in [0.717, 1.165) is 0 Å². The van der Waals surface area contributed by atoms with Crippen LogP contribution in [0.3, 0.4) is 0 Å². The van der Waals surface area contributed by atoms with Crippen molar-refractivity contribution in [3.8, 4) is 0 Å². The van der Waals surface area contributed by atoms with Crippen molar-refractivity contribution >= 4 is 5.97 Å². The number of nitrogens with zero attached hydrogens (tertiary/aromatic N) is 2. The molecule has 0 aromatic carbocycles. The molecule has 1 aromatic rings. The molecule has 1 aromatic heterocycles. The Balaban J connectivity index is 3.13. The Morgan fingerprint density at radius 2 is 2.50 bits per heavy atom. The van der Waals surface area contributed by atoms with E-state index in [1.807, 2.05) is 6.92 Å². The standard InChI is InChI=1S/C7H11N3O2/c1-2-10-6(3-8)5(4-9-10)7(11)12/h4H,2-3,8H2,1H3,(H,11,12). The van der Waals surface area contributed by atoms with Crippen molar-refractivity contribution in [1.29, 1.82) is 0 Å². The first-order valence-corrected chi connectivity index (χ1v) is 3.68. The van der Waals surface area contributed by atoms with Gasteiger partial charge in [0.1, 0.15) is 5.56 Å². The summed E-state index contributed by atoms with van der Waals surface area (Å²) in [5.74, 6) is -0.977. The fraction of sp³-hybridized carbons (Fsp3) is 0.429. The van der Waals surface area contributed by atoms with Crippen molar-refractivity contribution in [1.82, 2.24) is 9.78 Å². The van der Waals surface area contributed by atoms with Gasteiger partial charge in [0, 0.05) is 13.1 Å². The van der Waals surface area contributed by atoms with Crippen LogP contribution in [-0.4, -0.2) is 20.9 Å². The zero-order chi connectivity index (χ0) is 9.14. The largest absolute Gasteiger partial charge is 0.478 e. The van der Waals surface area contributed by atoms with E-state index in [0.29, 0.717) is 12.2 Å². The molecule has 66 valence electrons.